The van der Waals surface area contributed by atoms with Crippen LogP contribution in [0.1, 0.15) is 58.8 Å². The molecule has 0 heterocycles. The molecular weight excluding hydrogens is 389 g/mol. The number of rotatable bonds is 8. The van der Waals surface area contributed by atoms with Crippen LogP contribution in [0, 0.1) is 11.8 Å². The Morgan fingerprint density at radius 3 is 2.36 bits per heavy atom. The number of halogens is 1. The SMILES string of the molecule is CN=C(NCCCCCOC)NC1CCC(C(C)C)CC1.I. The average Bonchev–Trinajstić information content (AvgIpc) is 2.50. The lowest BCUT2D eigenvalue weighted by atomic mass is 9.80. The van der Waals surface area contributed by atoms with Gasteiger partial charge in [-0.1, -0.05) is 13.8 Å². The van der Waals surface area contributed by atoms with Gasteiger partial charge in [-0.15, -0.1) is 24.0 Å². The number of guanidine groups is 1. The molecule has 0 aliphatic heterocycles. The van der Waals surface area contributed by atoms with Crippen LogP contribution in [-0.4, -0.2) is 39.3 Å². The van der Waals surface area contributed by atoms with Crippen molar-refractivity contribution < 1.29 is 4.74 Å². The summed E-state index contributed by atoms with van der Waals surface area (Å²) < 4.78 is 5.06. The van der Waals surface area contributed by atoms with E-state index in [9.17, 15) is 0 Å². The molecule has 1 aliphatic carbocycles. The van der Waals surface area contributed by atoms with Crippen molar-refractivity contribution in [3.63, 3.8) is 0 Å². The van der Waals surface area contributed by atoms with Crippen LogP contribution in [0.5, 0.6) is 0 Å². The molecule has 0 aromatic rings. The van der Waals surface area contributed by atoms with Gasteiger partial charge in [-0.3, -0.25) is 4.99 Å². The highest BCUT2D eigenvalue weighted by atomic mass is 127. The van der Waals surface area contributed by atoms with Gasteiger partial charge in [0.15, 0.2) is 5.96 Å². The fourth-order valence-electron chi connectivity index (χ4n) is 3.07. The Morgan fingerprint density at radius 2 is 1.82 bits per heavy atom. The molecule has 0 unspecified atom stereocenters. The smallest absolute Gasteiger partial charge is 0.191 e. The van der Waals surface area contributed by atoms with E-state index in [1.165, 1.54) is 38.5 Å². The van der Waals surface area contributed by atoms with E-state index in [4.69, 9.17) is 4.74 Å². The van der Waals surface area contributed by atoms with Crippen LogP contribution in [0.3, 0.4) is 0 Å². The normalized spacial score (nSPS) is 22.3. The molecule has 0 aromatic carbocycles. The fourth-order valence-corrected chi connectivity index (χ4v) is 3.07. The summed E-state index contributed by atoms with van der Waals surface area (Å²) in [6, 6.07) is 0.597. The van der Waals surface area contributed by atoms with Crippen LogP contribution in [-0.2, 0) is 4.74 Å². The third-order valence-corrected chi connectivity index (χ3v) is 4.60. The van der Waals surface area contributed by atoms with Gasteiger partial charge in [0.05, 0.1) is 0 Å². The van der Waals surface area contributed by atoms with Crippen LogP contribution in [0.25, 0.3) is 0 Å². The van der Waals surface area contributed by atoms with Crippen LogP contribution >= 0.6 is 24.0 Å². The Kier molecular flexibility index (Phi) is 13.4. The van der Waals surface area contributed by atoms with Crippen molar-refractivity contribution in [3.8, 4) is 0 Å². The highest BCUT2D eigenvalue weighted by Crippen LogP contribution is 2.29. The predicted octanol–water partition coefficient (Wildman–Crippen LogP) is 3.80. The maximum Gasteiger partial charge on any atom is 0.191 e. The molecule has 0 bridgehead atoms. The summed E-state index contributed by atoms with van der Waals surface area (Å²) >= 11 is 0. The number of methoxy groups -OCH3 is 1. The Bertz CT molecular complexity index is 290. The number of nitrogens with one attached hydrogen (secondary N) is 2. The average molecular weight is 425 g/mol. The molecule has 0 amide bonds. The molecule has 0 radical (unpaired) electrons. The number of hydrogen-bond donors (Lipinski definition) is 2. The molecule has 0 saturated heterocycles. The molecule has 1 rings (SSSR count). The second kappa shape index (κ2) is 13.4. The summed E-state index contributed by atoms with van der Waals surface area (Å²) in [5, 5.41) is 7.01. The zero-order chi connectivity index (χ0) is 15.5. The minimum atomic E-state index is 0. The van der Waals surface area contributed by atoms with E-state index in [1.54, 1.807) is 7.11 Å². The number of hydrogen-bond acceptors (Lipinski definition) is 2. The predicted molar refractivity (Wildman–Crippen MR) is 106 cm³/mol. The Hall–Kier alpha value is -0.0400. The quantitative estimate of drug-likeness (QED) is 0.269. The Morgan fingerprint density at radius 1 is 1.14 bits per heavy atom. The van der Waals surface area contributed by atoms with E-state index in [-0.39, 0.29) is 24.0 Å². The molecule has 0 spiro atoms. The van der Waals surface area contributed by atoms with Gasteiger partial charge < -0.3 is 15.4 Å². The lowest BCUT2D eigenvalue weighted by molar-refractivity contribution is 0.192. The van der Waals surface area contributed by atoms with E-state index in [2.05, 4.69) is 29.5 Å². The van der Waals surface area contributed by atoms with Crippen LogP contribution in [0.2, 0.25) is 0 Å². The van der Waals surface area contributed by atoms with Gasteiger partial charge in [-0.25, -0.2) is 0 Å². The van der Waals surface area contributed by atoms with Gasteiger partial charge in [0.1, 0.15) is 0 Å². The summed E-state index contributed by atoms with van der Waals surface area (Å²) in [6.45, 7) is 6.56. The topological polar surface area (TPSA) is 45.7 Å². The molecule has 2 N–H and O–H groups in total. The van der Waals surface area contributed by atoms with E-state index in [0.29, 0.717) is 6.04 Å². The van der Waals surface area contributed by atoms with Gasteiger partial charge in [0, 0.05) is 33.4 Å². The molecule has 22 heavy (non-hydrogen) atoms. The molecule has 1 aliphatic rings. The van der Waals surface area contributed by atoms with Crippen molar-refractivity contribution in [1.82, 2.24) is 10.6 Å². The lowest BCUT2D eigenvalue weighted by Gasteiger charge is -2.32. The van der Waals surface area contributed by atoms with Gasteiger partial charge >= 0.3 is 0 Å². The zero-order valence-electron chi connectivity index (χ0n) is 14.9. The first-order chi connectivity index (χ1) is 10.2. The summed E-state index contributed by atoms with van der Waals surface area (Å²) in [4.78, 5) is 4.34. The first-order valence-corrected chi connectivity index (χ1v) is 8.63. The second-order valence-electron chi connectivity index (χ2n) is 6.55. The lowest BCUT2D eigenvalue weighted by Crippen LogP contribution is -2.45. The fraction of sp³-hybridized carbons (Fsp3) is 0.941. The van der Waals surface area contributed by atoms with Gasteiger partial charge in [-0.2, -0.15) is 0 Å². The number of nitrogens with zero attached hydrogens (tertiary/aromatic N) is 1. The molecule has 1 fully saturated rings. The van der Waals surface area contributed by atoms with Crippen LogP contribution < -0.4 is 10.6 Å². The van der Waals surface area contributed by atoms with Crippen molar-refractivity contribution >= 4 is 29.9 Å². The molecule has 0 atom stereocenters. The highest BCUT2D eigenvalue weighted by molar-refractivity contribution is 14.0. The standard InChI is InChI=1S/C17H35N3O.HI/c1-14(2)15-8-10-16(11-9-15)20-17(18-3)19-12-6-5-7-13-21-4;/h14-16H,5-13H2,1-4H3,(H2,18,19,20);1H. The zero-order valence-corrected chi connectivity index (χ0v) is 17.2. The maximum absolute atomic E-state index is 5.06. The summed E-state index contributed by atoms with van der Waals surface area (Å²) in [5.74, 6) is 2.71. The second-order valence-corrected chi connectivity index (χ2v) is 6.55. The third-order valence-electron chi connectivity index (χ3n) is 4.60. The molecule has 4 nitrogen and oxygen atoms in total. The Balaban J connectivity index is 0.00000441. The van der Waals surface area contributed by atoms with E-state index < -0.39 is 0 Å². The molecule has 1 saturated carbocycles. The summed E-state index contributed by atoms with van der Waals surface area (Å²) in [6.07, 6.45) is 8.77. The van der Waals surface area contributed by atoms with E-state index in [0.717, 1.165) is 37.4 Å². The Labute approximate surface area is 154 Å². The van der Waals surface area contributed by atoms with Gasteiger partial charge in [-0.05, 0) is 56.8 Å². The molecular formula is C17H36IN3O. The maximum atomic E-state index is 5.06. The van der Waals surface area contributed by atoms with Gasteiger partial charge in [0.25, 0.3) is 0 Å². The third kappa shape index (κ3) is 9.18. The molecule has 5 heteroatoms. The highest BCUT2D eigenvalue weighted by Gasteiger charge is 2.23. The van der Waals surface area contributed by atoms with E-state index in [1.807, 2.05) is 7.05 Å². The van der Waals surface area contributed by atoms with Crippen molar-refractivity contribution in [3.05, 3.63) is 0 Å². The number of ether oxygens (including phenoxy) is 1. The number of aliphatic imine (C=N–C) groups is 1. The monoisotopic (exact) mass is 425 g/mol. The van der Waals surface area contributed by atoms with Crippen molar-refractivity contribution in [2.45, 2.75) is 64.8 Å². The summed E-state index contributed by atoms with van der Waals surface area (Å²) in [5.41, 5.74) is 0. The van der Waals surface area contributed by atoms with Crippen molar-refractivity contribution in [1.29, 1.82) is 0 Å². The minimum absolute atomic E-state index is 0. The first-order valence-electron chi connectivity index (χ1n) is 8.63. The summed E-state index contributed by atoms with van der Waals surface area (Å²) in [7, 11) is 3.62. The van der Waals surface area contributed by atoms with Crippen LogP contribution in [0.15, 0.2) is 4.99 Å². The first kappa shape index (κ1) is 22.0. The van der Waals surface area contributed by atoms with Crippen LogP contribution in [0.4, 0.5) is 0 Å². The van der Waals surface area contributed by atoms with Gasteiger partial charge in [0.2, 0.25) is 0 Å². The van der Waals surface area contributed by atoms with Crippen molar-refractivity contribution in [2.75, 3.05) is 27.3 Å². The van der Waals surface area contributed by atoms with E-state index >= 15 is 0 Å². The molecule has 132 valence electrons. The number of unbranched alkanes of at least 4 members (excludes halogenated alkanes) is 2. The largest absolute Gasteiger partial charge is 0.385 e. The minimum Gasteiger partial charge on any atom is -0.385 e. The molecule has 0 aromatic heterocycles. The van der Waals surface area contributed by atoms with Crippen molar-refractivity contribution in [2.24, 2.45) is 16.8 Å².